The fraction of sp³-hybridized carbons (Fsp3) is 1.00. The van der Waals surface area contributed by atoms with Gasteiger partial charge in [-0.25, -0.2) is 0 Å². The second-order valence-corrected chi connectivity index (χ2v) is 3.86. The van der Waals surface area contributed by atoms with E-state index >= 15 is 0 Å². The molecule has 0 heterocycles. The van der Waals surface area contributed by atoms with Gasteiger partial charge in [0.1, 0.15) is 0 Å². The monoisotopic (exact) mass is 180 g/mol. The number of nitrogens with zero attached hydrogens (tertiary/aromatic N) is 2. The first-order valence-electron chi connectivity index (χ1n) is 2.78. The molecule has 0 aliphatic heterocycles. The Morgan fingerprint density at radius 1 is 0.900 bits per heavy atom. The molecule has 0 bridgehead atoms. The molecule has 0 fully saturated rings. The second-order valence-electron chi connectivity index (χ2n) is 1.76. The van der Waals surface area contributed by atoms with E-state index in [1.54, 1.807) is 0 Å². The molecule has 0 saturated heterocycles. The van der Waals surface area contributed by atoms with Crippen molar-refractivity contribution in [1.29, 1.82) is 9.22 Å². The van der Waals surface area contributed by atoms with Gasteiger partial charge in [-0.15, -0.1) is 9.22 Å². The average molecular weight is 180 g/mol. The molecule has 0 radical (unpaired) electrons. The van der Waals surface area contributed by atoms with Gasteiger partial charge < -0.3 is 0 Å². The molecule has 0 unspecified atom stereocenters. The average Bonchev–Trinajstić information content (AvgIpc) is 1.79. The first kappa shape index (κ1) is 9.46. The van der Waals surface area contributed by atoms with Crippen LogP contribution in [-0.2, 0) is 20.9 Å². The standard InChI is InChI=1S/C4H8N2O2S2/c5-9(7)3-1-2-4-10(6)8/h1-4H2. The molecule has 0 aromatic rings. The third kappa shape index (κ3) is 7.46. The summed E-state index contributed by atoms with van der Waals surface area (Å²) < 4.78 is 36.5. The Bertz CT molecular complexity index is 277. The highest BCUT2D eigenvalue weighted by Crippen LogP contribution is 1.87. The summed E-state index contributed by atoms with van der Waals surface area (Å²) in [5.41, 5.74) is 0. The molecule has 0 rings (SSSR count). The summed E-state index contributed by atoms with van der Waals surface area (Å²) in [5, 5.41) is 0. The topological polar surface area (TPSA) is 81.7 Å². The lowest BCUT2D eigenvalue weighted by Gasteiger charge is -1.84. The highest BCUT2D eigenvalue weighted by atomic mass is 32.2. The lowest BCUT2D eigenvalue weighted by molar-refractivity contribution is 0.681. The van der Waals surface area contributed by atoms with Crippen molar-refractivity contribution in [3.8, 4) is 0 Å². The fourth-order valence-electron chi connectivity index (χ4n) is 0.451. The van der Waals surface area contributed by atoms with Crippen molar-refractivity contribution in [1.82, 2.24) is 0 Å². The fourth-order valence-corrected chi connectivity index (χ4v) is 1.35. The van der Waals surface area contributed by atoms with Gasteiger partial charge in [0.25, 0.3) is 0 Å². The van der Waals surface area contributed by atoms with E-state index in [1.165, 1.54) is 0 Å². The number of hydrogen-bond donors (Lipinski definition) is 0. The minimum atomic E-state index is -1.76. The van der Waals surface area contributed by atoms with Gasteiger partial charge in [-0.05, 0) is 12.8 Å². The molecule has 0 saturated carbocycles. The molecule has 0 N–H and O–H groups in total. The molecular formula is C4H8N2O2S2. The Hall–Kier alpha value is -0.540. The van der Waals surface area contributed by atoms with Crippen LogP contribution < -0.4 is 0 Å². The Balaban J connectivity index is 3.27. The molecule has 0 atom stereocenters. The maximum Gasteiger partial charge on any atom is 0.161 e. The van der Waals surface area contributed by atoms with Gasteiger partial charge in [0, 0.05) is 0 Å². The Labute approximate surface area is 63.4 Å². The van der Waals surface area contributed by atoms with E-state index in [0.717, 1.165) is 0 Å². The molecule has 0 aliphatic carbocycles. The highest BCUT2D eigenvalue weighted by Gasteiger charge is 1.90. The zero-order valence-electron chi connectivity index (χ0n) is 5.36. The molecule has 10 heavy (non-hydrogen) atoms. The van der Waals surface area contributed by atoms with Crippen LogP contribution >= 0.6 is 0 Å². The Kier molecular flexibility index (Phi) is 4.98. The Morgan fingerprint density at radius 3 is 1.40 bits per heavy atom. The lowest BCUT2D eigenvalue weighted by atomic mass is 10.4. The summed E-state index contributed by atoms with van der Waals surface area (Å²) in [6, 6.07) is 0. The largest absolute Gasteiger partial charge is 0.196 e. The molecule has 0 spiro atoms. The van der Waals surface area contributed by atoms with E-state index in [-0.39, 0.29) is 11.5 Å². The van der Waals surface area contributed by atoms with E-state index in [9.17, 15) is 8.42 Å². The SMILES string of the molecule is N#S(=O)CCCCS(#N)=O. The molecule has 58 valence electrons. The van der Waals surface area contributed by atoms with Crippen molar-refractivity contribution < 1.29 is 8.42 Å². The van der Waals surface area contributed by atoms with Crippen molar-refractivity contribution in [3.63, 3.8) is 0 Å². The molecular weight excluding hydrogens is 172 g/mol. The second kappa shape index (κ2) is 5.26. The van der Waals surface area contributed by atoms with Gasteiger partial charge in [0.15, 0.2) is 20.9 Å². The van der Waals surface area contributed by atoms with Gasteiger partial charge >= 0.3 is 0 Å². The van der Waals surface area contributed by atoms with Crippen LogP contribution in [0.2, 0.25) is 0 Å². The van der Waals surface area contributed by atoms with E-state index in [0.29, 0.717) is 12.8 Å². The predicted molar refractivity (Wildman–Crippen MR) is 38.7 cm³/mol. The van der Waals surface area contributed by atoms with Crippen LogP contribution in [0.25, 0.3) is 0 Å². The smallest absolute Gasteiger partial charge is 0.161 e. The van der Waals surface area contributed by atoms with Gasteiger partial charge in [-0.2, -0.15) is 8.42 Å². The van der Waals surface area contributed by atoms with Crippen molar-refractivity contribution in [2.24, 2.45) is 0 Å². The van der Waals surface area contributed by atoms with Gasteiger partial charge in [-0.3, -0.25) is 0 Å². The van der Waals surface area contributed by atoms with Gasteiger partial charge in [-0.1, -0.05) is 0 Å². The van der Waals surface area contributed by atoms with Crippen LogP contribution in [0, 0.1) is 9.22 Å². The quantitative estimate of drug-likeness (QED) is 0.582. The molecule has 0 aromatic carbocycles. The van der Waals surface area contributed by atoms with E-state index in [1.807, 2.05) is 0 Å². The van der Waals surface area contributed by atoms with Crippen molar-refractivity contribution in [2.45, 2.75) is 12.8 Å². The Morgan fingerprint density at radius 2 is 1.20 bits per heavy atom. The minimum absolute atomic E-state index is 0.192. The van der Waals surface area contributed by atoms with E-state index in [4.69, 9.17) is 9.22 Å². The predicted octanol–water partition coefficient (Wildman–Crippen LogP) is 0.223. The highest BCUT2D eigenvalue weighted by molar-refractivity contribution is 7.71. The number of hydrogen-bond acceptors (Lipinski definition) is 4. The van der Waals surface area contributed by atoms with Crippen LogP contribution in [0.15, 0.2) is 0 Å². The van der Waals surface area contributed by atoms with Gasteiger partial charge in [0.2, 0.25) is 0 Å². The molecule has 4 nitrogen and oxygen atoms in total. The molecule has 0 aliphatic rings. The maximum atomic E-state index is 10.0. The molecule has 6 heteroatoms. The normalized spacial score (nSPS) is 9.00. The van der Waals surface area contributed by atoms with Crippen LogP contribution in [0.1, 0.15) is 12.8 Å². The number of rotatable bonds is 3. The van der Waals surface area contributed by atoms with E-state index < -0.39 is 20.9 Å². The zero-order chi connectivity index (χ0) is 7.98. The first-order valence-corrected chi connectivity index (χ1v) is 5.33. The summed E-state index contributed by atoms with van der Waals surface area (Å²) in [7, 11) is -3.52. The van der Waals surface area contributed by atoms with Crippen LogP contribution in [0.4, 0.5) is 0 Å². The van der Waals surface area contributed by atoms with Crippen molar-refractivity contribution in [2.75, 3.05) is 11.5 Å². The van der Waals surface area contributed by atoms with Crippen molar-refractivity contribution >= 4 is 20.9 Å². The van der Waals surface area contributed by atoms with Gasteiger partial charge in [0.05, 0.1) is 11.5 Å². The summed E-state index contributed by atoms with van der Waals surface area (Å²) in [6.45, 7) is 0. The van der Waals surface area contributed by atoms with Crippen molar-refractivity contribution in [3.05, 3.63) is 0 Å². The lowest BCUT2D eigenvalue weighted by Crippen LogP contribution is -1.89. The third-order valence-corrected chi connectivity index (χ3v) is 2.16. The minimum Gasteiger partial charge on any atom is -0.196 e. The zero-order valence-corrected chi connectivity index (χ0v) is 6.99. The maximum absolute atomic E-state index is 10.0. The van der Waals surface area contributed by atoms with Crippen LogP contribution in [-0.4, -0.2) is 19.9 Å². The van der Waals surface area contributed by atoms with Crippen LogP contribution in [0.3, 0.4) is 0 Å². The summed E-state index contributed by atoms with van der Waals surface area (Å²) in [5.74, 6) is 0.383. The first-order chi connectivity index (χ1) is 4.63. The van der Waals surface area contributed by atoms with Crippen LogP contribution in [0.5, 0.6) is 0 Å². The summed E-state index contributed by atoms with van der Waals surface area (Å²) in [6.07, 6.45) is 1.05. The third-order valence-electron chi connectivity index (χ3n) is 0.888. The molecule has 0 amide bonds. The summed E-state index contributed by atoms with van der Waals surface area (Å²) in [4.78, 5) is 0. The summed E-state index contributed by atoms with van der Waals surface area (Å²) >= 11 is 0. The number of unbranched alkanes of at least 4 members (excludes halogenated alkanes) is 1. The van der Waals surface area contributed by atoms with E-state index in [2.05, 4.69) is 0 Å². The molecule has 0 aromatic heterocycles.